The zero-order valence-electron chi connectivity index (χ0n) is 10.8. The van der Waals surface area contributed by atoms with Crippen LogP contribution in [-0.4, -0.2) is 9.97 Å². The first-order valence-electron chi connectivity index (χ1n) is 6.61. The van der Waals surface area contributed by atoms with Gasteiger partial charge in [-0.1, -0.05) is 48.5 Å². The summed E-state index contributed by atoms with van der Waals surface area (Å²) in [5.41, 5.74) is 4.08. The predicted molar refractivity (Wildman–Crippen MR) is 82.5 cm³/mol. The fourth-order valence-corrected chi connectivity index (χ4v) is 2.44. The van der Waals surface area contributed by atoms with Gasteiger partial charge in [0.25, 0.3) is 0 Å². The average molecular weight is 256 g/mol. The van der Waals surface area contributed by atoms with E-state index < -0.39 is 0 Å². The lowest BCUT2D eigenvalue weighted by atomic mass is 10.1. The van der Waals surface area contributed by atoms with E-state index in [-0.39, 0.29) is 0 Å². The Labute approximate surface area is 116 Å². The van der Waals surface area contributed by atoms with E-state index in [1.54, 1.807) is 0 Å². The van der Waals surface area contributed by atoms with Crippen molar-refractivity contribution >= 4 is 21.8 Å². The van der Waals surface area contributed by atoms with Gasteiger partial charge >= 0.3 is 0 Å². The molecule has 0 aliphatic rings. The van der Waals surface area contributed by atoms with E-state index in [4.69, 9.17) is 4.98 Å². The molecule has 0 fully saturated rings. The number of rotatable bonds is 1. The van der Waals surface area contributed by atoms with Crippen molar-refractivity contribution in [2.24, 2.45) is 0 Å². The van der Waals surface area contributed by atoms with Crippen LogP contribution in [0.2, 0.25) is 0 Å². The van der Waals surface area contributed by atoms with Gasteiger partial charge in [-0.25, -0.2) is 4.98 Å². The number of hydrogen-bond acceptors (Lipinski definition) is 2. The number of benzene rings is 2. The highest BCUT2D eigenvalue weighted by atomic mass is 14.7. The summed E-state index contributed by atoms with van der Waals surface area (Å²) in [5.74, 6) is 0. The molecule has 0 saturated heterocycles. The van der Waals surface area contributed by atoms with Gasteiger partial charge in [0.2, 0.25) is 0 Å². The molecule has 2 heteroatoms. The summed E-state index contributed by atoms with van der Waals surface area (Å²) in [6.45, 7) is 0. The minimum atomic E-state index is 0.959. The zero-order valence-corrected chi connectivity index (χ0v) is 10.8. The third-order valence-electron chi connectivity index (χ3n) is 3.47. The lowest BCUT2D eigenvalue weighted by Gasteiger charge is -2.04. The Bertz CT molecular complexity index is 899. The fourth-order valence-electron chi connectivity index (χ4n) is 2.44. The molecule has 2 aromatic heterocycles. The molecule has 94 valence electrons. The number of nitrogens with zero attached hydrogens (tertiary/aromatic N) is 2. The number of fused-ring (bicyclic) bond motifs is 2. The fraction of sp³-hybridized carbons (Fsp3) is 0. The van der Waals surface area contributed by atoms with E-state index >= 15 is 0 Å². The molecule has 4 aromatic rings. The first-order valence-corrected chi connectivity index (χ1v) is 6.61. The zero-order chi connectivity index (χ0) is 13.4. The van der Waals surface area contributed by atoms with Crippen molar-refractivity contribution in [3.63, 3.8) is 0 Å². The van der Waals surface area contributed by atoms with Crippen molar-refractivity contribution < 1.29 is 0 Å². The minimum absolute atomic E-state index is 0.959. The second-order valence-corrected chi connectivity index (χ2v) is 4.81. The first-order chi connectivity index (χ1) is 9.90. The van der Waals surface area contributed by atoms with Crippen LogP contribution >= 0.6 is 0 Å². The molecule has 0 radical (unpaired) electrons. The predicted octanol–water partition coefficient (Wildman–Crippen LogP) is 4.45. The molecule has 0 N–H and O–H groups in total. The molecular formula is C18H12N2. The molecular weight excluding hydrogens is 244 g/mol. The van der Waals surface area contributed by atoms with Gasteiger partial charge in [0.05, 0.1) is 16.7 Å². The van der Waals surface area contributed by atoms with Crippen LogP contribution in [0.4, 0.5) is 0 Å². The van der Waals surface area contributed by atoms with Crippen LogP contribution in [0.25, 0.3) is 33.1 Å². The van der Waals surface area contributed by atoms with Crippen LogP contribution in [0.3, 0.4) is 0 Å². The molecule has 0 unspecified atom stereocenters. The van der Waals surface area contributed by atoms with Crippen LogP contribution < -0.4 is 0 Å². The number of hydrogen-bond donors (Lipinski definition) is 0. The molecule has 0 amide bonds. The summed E-state index contributed by atoms with van der Waals surface area (Å²) in [6, 6.07) is 22.5. The average Bonchev–Trinajstić information content (AvgIpc) is 2.53. The maximum atomic E-state index is 4.72. The van der Waals surface area contributed by atoms with Crippen molar-refractivity contribution in [1.29, 1.82) is 0 Å². The van der Waals surface area contributed by atoms with E-state index in [9.17, 15) is 0 Å². The summed E-state index contributed by atoms with van der Waals surface area (Å²) >= 11 is 0. The quantitative estimate of drug-likeness (QED) is 0.470. The van der Waals surface area contributed by atoms with E-state index in [0.29, 0.717) is 0 Å². The molecule has 20 heavy (non-hydrogen) atoms. The van der Waals surface area contributed by atoms with Crippen LogP contribution in [0.5, 0.6) is 0 Å². The van der Waals surface area contributed by atoms with Crippen LogP contribution in [0, 0.1) is 0 Å². The lowest BCUT2D eigenvalue weighted by Crippen LogP contribution is -1.87. The van der Waals surface area contributed by atoms with Gasteiger partial charge in [-0.05, 0) is 18.2 Å². The molecule has 4 rings (SSSR count). The van der Waals surface area contributed by atoms with Crippen molar-refractivity contribution in [1.82, 2.24) is 9.97 Å². The van der Waals surface area contributed by atoms with Crippen molar-refractivity contribution in [3.05, 3.63) is 72.9 Å². The lowest BCUT2D eigenvalue weighted by molar-refractivity contribution is 1.34. The number of pyridine rings is 2. The van der Waals surface area contributed by atoms with E-state index in [1.165, 1.54) is 0 Å². The molecule has 2 nitrogen and oxygen atoms in total. The Kier molecular flexibility index (Phi) is 2.46. The molecule has 0 spiro atoms. The monoisotopic (exact) mass is 256 g/mol. The molecule has 0 atom stereocenters. The molecule has 0 aliphatic carbocycles. The SMILES string of the molecule is c1ccc(-c2cc3nc4ccccc4cc3cn2)cc1. The van der Waals surface area contributed by atoms with Gasteiger partial charge in [-0.3, -0.25) is 4.98 Å². The maximum Gasteiger partial charge on any atom is 0.0746 e. The highest BCUT2D eigenvalue weighted by Crippen LogP contribution is 2.23. The smallest absolute Gasteiger partial charge is 0.0746 e. The molecule has 2 heterocycles. The summed E-state index contributed by atoms with van der Waals surface area (Å²) < 4.78 is 0. The van der Waals surface area contributed by atoms with Crippen molar-refractivity contribution in [3.8, 4) is 11.3 Å². The van der Waals surface area contributed by atoms with Gasteiger partial charge in [0, 0.05) is 22.5 Å². The summed E-state index contributed by atoms with van der Waals surface area (Å²) in [6.07, 6.45) is 1.90. The van der Waals surface area contributed by atoms with Gasteiger partial charge in [0.1, 0.15) is 0 Å². The molecule has 0 bridgehead atoms. The van der Waals surface area contributed by atoms with Crippen molar-refractivity contribution in [2.45, 2.75) is 0 Å². The Morgan fingerprint density at radius 3 is 2.35 bits per heavy atom. The Balaban J connectivity index is 1.97. The molecule has 0 saturated carbocycles. The minimum Gasteiger partial charge on any atom is -0.255 e. The topological polar surface area (TPSA) is 25.8 Å². The van der Waals surface area contributed by atoms with Gasteiger partial charge in [-0.2, -0.15) is 0 Å². The Morgan fingerprint density at radius 1 is 0.650 bits per heavy atom. The Hall–Kier alpha value is -2.74. The highest BCUT2D eigenvalue weighted by molar-refractivity contribution is 5.93. The van der Waals surface area contributed by atoms with Crippen LogP contribution in [0.1, 0.15) is 0 Å². The van der Waals surface area contributed by atoms with Gasteiger partial charge in [-0.15, -0.1) is 0 Å². The van der Waals surface area contributed by atoms with Crippen LogP contribution in [0.15, 0.2) is 72.9 Å². The first kappa shape index (κ1) is 11.1. The van der Waals surface area contributed by atoms with E-state index in [1.807, 2.05) is 42.6 Å². The van der Waals surface area contributed by atoms with Gasteiger partial charge < -0.3 is 0 Å². The molecule has 2 aromatic carbocycles. The summed E-state index contributed by atoms with van der Waals surface area (Å²) in [5, 5.41) is 2.22. The standard InChI is InChI=1S/C18H12N2/c1-2-6-13(7-3-1)17-11-18-15(12-19-17)10-14-8-4-5-9-16(14)20-18/h1-12H. The number of aromatic nitrogens is 2. The number of para-hydroxylation sites is 1. The molecule has 0 aliphatic heterocycles. The maximum absolute atomic E-state index is 4.72. The van der Waals surface area contributed by atoms with E-state index in [0.717, 1.165) is 33.1 Å². The third-order valence-corrected chi connectivity index (χ3v) is 3.47. The summed E-state index contributed by atoms with van der Waals surface area (Å²) in [4.78, 5) is 9.27. The van der Waals surface area contributed by atoms with E-state index in [2.05, 4.69) is 35.3 Å². The summed E-state index contributed by atoms with van der Waals surface area (Å²) in [7, 11) is 0. The third kappa shape index (κ3) is 1.82. The second kappa shape index (κ2) is 4.42. The van der Waals surface area contributed by atoms with Gasteiger partial charge in [0.15, 0.2) is 0 Å². The van der Waals surface area contributed by atoms with Crippen molar-refractivity contribution in [2.75, 3.05) is 0 Å². The Morgan fingerprint density at radius 2 is 1.45 bits per heavy atom. The van der Waals surface area contributed by atoms with Crippen LogP contribution in [-0.2, 0) is 0 Å². The second-order valence-electron chi connectivity index (χ2n) is 4.81. The normalized spacial score (nSPS) is 11.0. The largest absolute Gasteiger partial charge is 0.255 e. The highest BCUT2D eigenvalue weighted by Gasteiger charge is 2.03.